The summed E-state index contributed by atoms with van der Waals surface area (Å²) >= 11 is 3.55. The molecule has 0 heterocycles. The predicted octanol–water partition coefficient (Wildman–Crippen LogP) is 3.51. The van der Waals surface area contributed by atoms with Crippen LogP contribution >= 0.6 is 15.9 Å². The molecule has 0 saturated heterocycles. The summed E-state index contributed by atoms with van der Waals surface area (Å²) in [6, 6.07) is 8.89. The fourth-order valence-electron chi connectivity index (χ4n) is 1.58. The van der Waals surface area contributed by atoms with E-state index in [1.165, 1.54) is 5.56 Å². The second-order valence-electron chi connectivity index (χ2n) is 3.72. The van der Waals surface area contributed by atoms with Gasteiger partial charge in [-0.05, 0) is 25.5 Å². The molecule has 0 bridgehead atoms. The highest BCUT2D eigenvalue weighted by Crippen LogP contribution is 2.23. The lowest BCUT2D eigenvalue weighted by Gasteiger charge is -2.19. The van der Waals surface area contributed by atoms with Gasteiger partial charge in [-0.2, -0.15) is 0 Å². The van der Waals surface area contributed by atoms with Crippen molar-refractivity contribution < 1.29 is 0 Å². The molecule has 0 fully saturated rings. The number of rotatable bonds is 4. The van der Waals surface area contributed by atoms with Crippen LogP contribution in [-0.4, -0.2) is 6.04 Å². The van der Waals surface area contributed by atoms with E-state index < -0.39 is 0 Å². The number of terminal acetylenes is 1. The Morgan fingerprint density at radius 2 is 2.07 bits per heavy atom. The van der Waals surface area contributed by atoms with Gasteiger partial charge in [0.05, 0.1) is 0 Å². The Morgan fingerprint density at radius 3 is 2.67 bits per heavy atom. The maximum absolute atomic E-state index is 5.27. The topological polar surface area (TPSA) is 12.0 Å². The molecule has 0 amide bonds. The number of nitrogens with one attached hydrogen (secondary N) is 1. The van der Waals surface area contributed by atoms with Crippen molar-refractivity contribution in [2.75, 3.05) is 0 Å². The van der Waals surface area contributed by atoms with Crippen molar-refractivity contribution in [3.63, 3.8) is 0 Å². The van der Waals surface area contributed by atoms with Crippen molar-refractivity contribution in [2.45, 2.75) is 32.4 Å². The predicted molar refractivity (Wildman–Crippen MR) is 68.6 cm³/mol. The Labute approximate surface area is 100 Å². The van der Waals surface area contributed by atoms with Crippen LogP contribution in [0.5, 0.6) is 0 Å². The molecule has 1 aromatic rings. The fourth-order valence-corrected chi connectivity index (χ4v) is 2.21. The average molecular weight is 266 g/mol. The highest BCUT2D eigenvalue weighted by Gasteiger charge is 2.10. The van der Waals surface area contributed by atoms with Crippen LogP contribution in [-0.2, 0) is 0 Å². The summed E-state index contributed by atoms with van der Waals surface area (Å²) in [7, 11) is 0. The Morgan fingerprint density at radius 1 is 1.40 bits per heavy atom. The second kappa shape index (κ2) is 5.95. The Balaban J connectivity index is 2.66. The molecule has 80 valence electrons. The molecule has 15 heavy (non-hydrogen) atoms. The van der Waals surface area contributed by atoms with Crippen molar-refractivity contribution in [3.8, 4) is 12.3 Å². The summed E-state index contributed by atoms with van der Waals surface area (Å²) < 4.78 is 1.14. The third-order valence-corrected chi connectivity index (χ3v) is 3.05. The lowest BCUT2D eigenvalue weighted by Crippen LogP contribution is -2.28. The molecule has 1 nitrogen and oxygen atoms in total. The normalized spacial score (nSPS) is 14.3. The zero-order valence-electron chi connectivity index (χ0n) is 9.13. The van der Waals surface area contributed by atoms with Gasteiger partial charge in [0.1, 0.15) is 0 Å². The molecule has 2 heteroatoms. The van der Waals surface area contributed by atoms with Crippen molar-refractivity contribution in [3.05, 3.63) is 34.3 Å². The molecule has 0 aliphatic rings. The first-order chi connectivity index (χ1) is 7.15. The molecule has 0 saturated carbocycles. The molecule has 0 aliphatic heterocycles. The minimum Gasteiger partial charge on any atom is -0.307 e. The molecule has 2 unspecified atom stereocenters. The van der Waals surface area contributed by atoms with Gasteiger partial charge in [-0.3, -0.25) is 0 Å². The standard InChI is InChI=1S/C13H16BrN/c1-4-7-10(2)15-11(3)12-8-5-6-9-13(12)14/h1,5-6,8-11,15H,7H2,2-3H3. The first kappa shape index (κ1) is 12.3. The average Bonchev–Trinajstić information content (AvgIpc) is 2.18. The molecule has 1 N–H and O–H groups in total. The van der Waals surface area contributed by atoms with E-state index in [-0.39, 0.29) is 0 Å². The number of hydrogen-bond donors (Lipinski definition) is 1. The molecule has 0 spiro atoms. The first-order valence-electron chi connectivity index (χ1n) is 5.09. The Hall–Kier alpha value is -0.780. The van der Waals surface area contributed by atoms with Crippen LogP contribution in [0.3, 0.4) is 0 Å². The fraction of sp³-hybridized carbons (Fsp3) is 0.385. The Bertz CT molecular complexity index is 354. The van der Waals surface area contributed by atoms with E-state index in [1.807, 2.05) is 12.1 Å². The molecule has 1 aromatic carbocycles. The quantitative estimate of drug-likeness (QED) is 0.822. The van der Waals surface area contributed by atoms with Crippen molar-refractivity contribution >= 4 is 15.9 Å². The Kier molecular flexibility index (Phi) is 4.87. The summed E-state index contributed by atoms with van der Waals surface area (Å²) in [6.07, 6.45) is 6.03. The summed E-state index contributed by atoms with van der Waals surface area (Å²) in [4.78, 5) is 0. The van der Waals surface area contributed by atoms with E-state index in [4.69, 9.17) is 6.42 Å². The lowest BCUT2D eigenvalue weighted by atomic mass is 10.1. The van der Waals surface area contributed by atoms with E-state index in [9.17, 15) is 0 Å². The van der Waals surface area contributed by atoms with Crippen LogP contribution < -0.4 is 5.32 Å². The van der Waals surface area contributed by atoms with Gasteiger partial charge < -0.3 is 5.32 Å². The SMILES string of the molecule is C#CCC(C)NC(C)c1ccccc1Br. The molecule has 0 aliphatic carbocycles. The highest BCUT2D eigenvalue weighted by molar-refractivity contribution is 9.10. The van der Waals surface area contributed by atoms with Gasteiger partial charge in [0.15, 0.2) is 0 Å². The minimum absolute atomic E-state index is 0.309. The van der Waals surface area contributed by atoms with E-state index in [0.29, 0.717) is 12.1 Å². The second-order valence-corrected chi connectivity index (χ2v) is 4.57. The maximum atomic E-state index is 5.27. The van der Waals surface area contributed by atoms with Gasteiger partial charge in [0.2, 0.25) is 0 Å². The van der Waals surface area contributed by atoms with Gasteiger partial charge in [-0.15, -0.1) is 12.3 Å². The molecule has 2 atom stereocenters. The zero-order valence-corrected chi connectivity index (χ0v) is 10.7. The first-order valence-corrected chi connectivity index (χ1v) is 5.88. The van der Waals surface area contributed by atoms with Gasteiger partial charge in [0, 0.05) is 23.0 Å². The van der Waals surface area contributed by atoms with E-state index >= 15 is 0 Å². The van der Waals surface area contributed by atoms with E-state index in [2.05, 4.69) is 53.1 Å². The third-order valence-electron chi connectivity index (χ3n) is 2.33. The van der Waals surface area contributed by atoms with Crippen molar-refractivity contribution in [1.82, 2.24) is 5.32 Å². The molecule has 1 rings (SSSR count). The summed E-state index contributed by atoms with van der Waals surface area (Å²) in [6.45, 7) is 4.25. The van der Waals surface area contributed by atoms with Gasteiger partial charge in [0.25, 0.3) is 0 Å². The smallest absolute Gasteiger partial charge is 0.0305 e. The van der Waals surface area contributed by atoms with Crippen LogP contribution in [0.1, 0.15) is 31.9 Å². The van der Waals surface area contributed by atoms with E-state index in [1.54, 1.807) is 0 Å². The van der Waals surface area contributed by atoms with Crippen molar-refractivity contribution in [2.24, 2.45) is 0 Å². The van der Waals surface area contributed by atoms with Crippen LogP contribution in [0.2, 0.25) is 0 Å². The van der Waals surface area contributed by atoms with Gasteiger partial charge >= 0.3 is 0 Å². The highest BCUT2D eigenvalue weighted by atomic mass is 79.9. The zero-order chi connectivity index (χ0) is 11.3. The van der Waals surface area contributed by atoms with E-state index in [0.717, 1.165) is 10.9 Å². The maximum Gasteiger partial charge on any atom is 0.0305 e. The minimum atomic E-state index is 0.309. The molecular weight excluding hydrogens is 250 g/mol. The van der Waals surface area contributed by atoms with Crippen LogP contribution in [0.25, 0.3) is 0 Å². The number of benzene rings is 1. The van der Waals surface area contributed by atoms with Gasteiger partial charge in [-0.25, -0.2) is 0 Å². The monoisotopic (exact) mass is 265 g/mol. The molecule has 0 radical (unpaired) electrons. The largest absolute Gasteiger partial charge is 0.307 e. The summed E-state index contributed by atoms with van der Waals surface area (Å²) in [5.74, 6) is 2.66. The number of halogens is 1. The number of hydrogen-bond acceptors (Lipinski definition) is 1. The van der Waals surface area contributed by atoms with Crippen LogP contribution in [0.4, 0.5) is 0 Å². The van der Waals surface area contributed by atoms with Crippen LogP contribution in [0, 0.1) is 12.3 Å². The van der Waals surface area contributed by atoms with Gasteiger partial charge in [-0.1, -0.05) is 34.1 Å². The van der Waals surface area contributed by atoms with Crippen LogP contribution in [0.15, 0.2) is 28.7 Å². The lowest BCUT2D eigenvalue weighted by molar-refractivity contribution is 0.485. The summed E-state index contributed by atoms with van der Waals surface area (Å²) in [5, 5.41) is 3.47. The molecule has 0 aromatic heterocycles. The van der Waals surface area contributed by atoms with Crippen molar-refractivity contribution in [1.29, 1.82) is 0 Å². The summed E-state index contributed by atoms with van der Waals surface area (Å²) in [5.41, 5.74) is 1.27. The third kappa shape index (κ3) is 3.70. The molecular formula is C13H16BrN.